The molecule has 1 aliphatic rings. The molecule has 2 aromatic rings. The van der Waals surface area contributed by atoms with Gasteiger partial charge >= 0.3 is 12.1 Å². The highest BCUT2D eigenvalue weighted by molar-refractivity contribution is 5.79. The van der Waals surface area contributed by atoms with Crippen molar-refractivity contribution in [2.75, 3.05) is 19.7 Å². The van der Waals surface area contributed by atoms with Crippen LogP contribution in [-0.4, -0.2) is 42.8 Å². The summed E-state index contributed by atoms with van der Waals surface area (Å²) in [5.74, 6) is -0.821. The van der Waals surface area contributed by atoms with Crippen LogP contribution in [0.5, 0.6) is 0 Å². The maximum atomic E-state index is 12.4. The van der Waals surface area contributed by atoms with Crippen LogP contribution >= 0.6 is 0 Å². The highest BCUT2D eigenvalue weighted by Gasteiger charge is 2.29. The number of hydrogen-bond donors (Lipinski definition) is 3. The van der Waals surface area contributed by atoms with Crippen molar-refractivity contribution in [2.45, 2.75) is 58.3 Å². The van der Waals surface area contributed by atoms with Gasteiger partial charge in [0.25, 0.3) is 0 Å². The summed E-state index contributed by atoms with van der Waals surface area (Å²) in [4.78, 5) is 35.2. The maximum absolute atomic E-state index is 12.4. The number of carbonyl (C=O) groups excluding carboxylic acids is 2. The van der Waals surface area contributed by atoms with Crippen LogP contribution in [0.2, 0.25) is 0 Å². The van der Waals surface area contributed by atoms with Gasteiger partial charge in [-0.1, -0.05) is 75.2 Å². The van der Waals surface area contributed by atoms with Gasteiger partial charge in [0, 0.05) is 31.8 Å². The lowest BCUT2D eigenvalue weighted by molar-refractivity contribution is -0.137. The zero-order chi connectivity index (χ0) is 25.3. The molecule has 0 aromatic heterocycles. The topological polar surface area (TPSA) is 105 Å². The second-order valence-electron chi connectivity index (χ2n) is 9.93. The molecule has 2 amide bonds. The number of rotatable bonds is 13. The number of amides is 2. The lowest BCUT2D eigenvalue weighted by Crippen LogP contribution is -2.38. The number of fused-ring (bicyclic) bond motifs is 3. The number of carboxylic acids is 1. The second-order valence-corrected chi connectivity index (χ2v) is 9.93. The first-order chi connectivity index (χ1) is 16.8. The number of benzene rings is 2. The molecule has 3 N–H and O–H groups in total. The summed E-state index contributed by atoms with van der Waals surface area (Å²) in [5, 5.41) is 14.4. The molecular weight excluding hydrogens is 444 g/mol. The van der Waals surface area contributed by atoms with E-state index in [1.165, 1.54) is 22.3 Å². The molecule has 0 saturated carbocycles. The SMILES string of the molecule is CC(C)(CNC(=O)OCC1c2ccccc2-c2ccccc21)CC(=O)NCCCCCCC(=O)O. The summed E-state index contributed by atoms with van der Waals surface area (Å²) in [5.41, 5.74) is 4.28. The largest absolute Gasteiger partial charge is 0.481 e. The van der Waals surface area contributed by atoms with Crippen LogP contribution < -0.4 is 10.6 Å². The number of ether oxygens (including phenoxy) is 1. The maximum Gasteiger partial charge on any atom is 0.407 e. The predicted molar refractivity (Wildman–Crippen MR) is 135 cm³/mol. The average molecular weight is 481 g/mol. The van der Waals surface area contributed by atoms with Crippen molar-refractivity contribution in [3.8, 4) is 11.1 Å². The van der Waals surface area contributed by atoms with E-state index >= 15 is 0 Å². The molecular formula is C28H36N2O5. The highest BCUT2D eigenvalue weighted by Crippen LogP contribution is 2.44. The Balaban J connectivity index is 1.37. The fourth-order valence-electron chi connectivity index (χ4n) is 4.50. The first kappa shape index (κ1) is 26.3. The summed E-state index contributed by atoms with van der Waals surface area (Å²) in [6, 6.07) is 16.4. The van der Waals surface area contributed by atoms with E-state index in [2.05, 4.69) is 34.9 Å². The standard InChI is InChI=1S/C28H36N2O5/c1-28(2,17-25(31)29-16-10-4-3-5-15-26(32)33)19-30-27(34)35-18-24-22-13-8-6-11-20(22)21-12-7-9-14-23(21)24/h6-9,11-14,24H,3-5,10,15-19H2,1-2H3,(H,29,31)(H,30,34)(H,32,33). The lowest BCUT2D eigenvalue weighted by atomic mass is 9.89. The third kappa shape index (κ3) is 7.84. The van der Waals surface area contributed by atoms with Gasteiger partial charge in [-0.3, -0.25) is 9.59 Å². The van der Waals surface area contributed by atoms with Gasteiger partial charge in [-0.25, -0.2) is 4.79 Å². The Morgan fingerprint density at radius 2 is 1.49 bits per heavy atom. The highest BCUT2D eigenvalue weighted by atomic mass is 16.5. The van der Waals surface area contributed by atoms with Gasteiger partial charge in [0.2, 0.25) is 5.91 Å². The van der Waals surface area contributed by atoms with Gasteiger partial charge in [0.15, 0.2) is 0 Å². The van der Waals surface area contributed by atoms with E-state index in [4.69, 9.17) is 9.84 Å². The molecule has 188 valence electrons. The van der Waals surface area contributed by atoms with Crippen LogP contribution in [0.4, 0.5) is 4.79 Å². The summed E-state index contributed by atoms with van der Waals surface area (Å²) in [6.07, 6.45) is 3.22. The van der Waals surface area contributed by atoms with Gasteiger partial charge < -0.3 is 20.5 Å². The molecule has 35 heavy (non-hydrogen) atoms. The van der Waals surface area contributed by atoms with Gasteiger partial charge in [-0.15, -0.1) is 0 Å². The minimum Gasteiger partial charge on any atom is -0.481 e. The molecule has 0 radical (unpaired) electrons. The number of nitrogens with one attached hydrogen (secondary N) is 2. The van der Waals surface area contributed by atoms with Crippen LogP contribution in [0.1, 0.15) is 69.4 Å². The summed E-state index contributed by atoms with van der Waals surface area (Å²) >= 11 is 0. The first-order valence-corrected chi connectivity index (χ1v) is 12.3. The number of unbranched alkanes of at least 4 members (excludes halogenated alkanes) is 3. The number of aliphatic carboxylic acids is 1. The van der Waals surface area contributed by atoms with E-state index in [9.17, 15) is 14.4 Å². The molecule has 0 aliphatic heterocycles. The van der Waals surface area contributed by atoms with Crippen molar-refractivity contribution in [3.63, 3.8) is 0 Å². The van der Waals surface area contributed by atoms with Gasteiger partial charge in [0.1, 0.15) is 6.61 Å². The van der Waals surface area contributed by atoms with E-state index in [1.807, 2.05) is 38.1 Å². The Kier molecular flexibility index (Phi) is 9.29. The Labute approximate surface area is 207 Å². The minimum absolute atomic E-state index is 0.0102. The van der Waals surface area contributed by atoms with Crippen LogP contribution in [0.15, 0.2) is 48.5 Å². The van der Waals surface area contributed by atoms with E-state index < -0.39 is 17.5 Å². The molecule has 0 unspecified atom stereocenters. The molecule has 2 aromatic carbocycles. The van der Waals surface area contributed by atoms with Crippen molar-refractivity contribution in [2.24, 2.45) is 5.41 Å². The minimum atomic E-state index is -0.771. The number of hydrogen-bond acceptors (Lipinski definition) is 4. The Bertz CT molecular complexity index is 988. The van der Waals surface area contributed by atoms with Gasteiger partial charge in [-0.2, -0.15) is 0 Å². The van der Waals surface area contributed by atoms with Crippen LogP contribution in [0.3, 0.4) is 0 Å². The molecule has 1 aliphatic carbocycles. The summed E-state index contributed by atoms with van der Waals surface area (Å²) < 4.78 is 5.58. The molecule has 0 atom stereocenters. The van der Waals surface area contributed by atoms with Crippen LogP contribution in [-0.2, 0) is 14.3 Å². The van der Waals surface area contributed by atoms with Crippen LogP contribution in [0, 0.1) is 5.41 Å². The molecule has 0 heterocycles. The van der Waals surface area contributed by atoms with Crippen molar-refractivity contribution in [1.82, 2.24) is 10.6 Å². The average Bonchev–Trinajstić information content (AvgIpc) is 3.14. The molecule has 0 saturated heterocycles. The molecule has 7 nitrogen and oxygen atoms in total. The zero-order valence-corrected chi connectivity index (χ0v) is 20.6. The van der Waals surface area contributed by atoms with Crippen LogP contribution in [0.25, 0.3) is 11.1 Å². The van der Waals surface area contributed by atoms with E-state index in [-0.39, 0.29) is 31.3 Å². The van der Waals surface area contributed by atoms with Crippen molar-refractivity contribution in [1.29, 1.82) is 0 Å². The fraction of sp³-hybridized carbons (Fsp3) is 0.464. The quantitative estimate of drug-likeness (QED) is 0.346. The molecule has 0 fully saturated rings. The van der Waals surface area contributed by atoms with Gasteiger partial charge in [0.05, 0.1) is 0 Å². The molecule has 0 spiro atoms. The zero-order valence-electron chi connectivity index (χ0n) is 20.6. The number of alkyl carbamates (subject to hydrolysis) is 1. The predicted octanol–water partition coefficient (Wildman–Crippen LogP) is 5.09. The third-order valence-electron chi connectivity index (χ3n) is 6.33. The molecule has 7 heteroatoms. The normalized spacial score (nSPS) is 12.5. The van der Waals surface area contributed by atoms with E-state index in [1.54, 1.807) is 0 Å². The number of carbonyl (C=O) groups is 3. The monoisotopic (exact) mass is 480 g/mol. The second kappa shape index (κ2) is 12.4. The Morgan fingerprint density at radius 1 is 0.886 bits per heavy atom. The smallest absolute Gasteiger partial charge is 0.407 e. The van der Waals surface area contributed by atoms with E-state index in [0.29, 0.717) is 19.5 Å². The first-order valence-electron chi connectivity index (χ1n) is 12.3. The van der Waals surface area contributed by atoms with E-state index in [0.717, 1.165) is 19.3 Å². The van der Waals surface area contributed by atoms with Crippen molar-refractivity contribution < 1.29 is 24.2 Å². The lowest BCUT2D eigenvalue weighted by Gasteiger charge is -2.24. The van der Waals surface area contributed by atoms with Crippen molar-refractivity contribution in [3.05, 3.63) is 59.7 Å². The Hall–Kier alpha value is -3.35. The third-order valence-corrected chi connectivity index (χ3v) is 6.33. The molecule has 0 bridgehead atoms. The summed E-state index contributed by atoms with van der Waals surface area (Å²) in [6.45, 7) is 5.02. The number of carboxylic acid groups (broad SMARTS) is 1. The van der Waals surface area contributed by atoms with Crippen molar-refractivity contribution >= 4 is 18.0 Å². The van der Waals surface area contributed by atoms with Gasteiger partial charge in [-0.05, 0) is 40.5 Å². The fourth-order valence-corrected chi connectivity index (χ4v) is 4.50. The Morgan fingerprint density at radius 3 is 2.11 bits per heavy atom. The molecule has 3 rings (SSSR count). The summed E-state index contributed by atoms with van der Waals surface area (Å²) in [7, 11) is 0.